The number of hydrogen-bond acceptors (Lipinski definition) is 8. The molecule has 1 aliphatic heterocycles. The van der Waals surface area contributed by atoms with Crippen LogP contribution in [0.15, 0.2) is 53.6 Å². The van der Waals surface area contributed by atoms with Crippen molar-refractivity contribution >= 4 is 40.2 Å². The molecule has 0 radical (unpaired) electrons. The van der Waals surface area contributed by atoms with Crippen molar-refractivity contribution in [2.24, 2.45) is 5.41 Å². The van der Waals surface area contributed by atoms with Gasteiger partial charge in [-0.2, -0.15) is 0 Å². The number of likely N-dealkylation sites (tertiary alicyclic amines) is 1. The molecule has 3 N–H and O–H groups in total. The molecule has 2 heterocycles. The van der Waals surface area contributed by atoms with Gasteiger partial charge in [-0.25, -0.2) is 5.48 Å². The summed E-state index contributed by atoms with van der Waals surface area (Å²) in [5.74, 6) is 2.10. The summed E-state index contributed by atoms with van der Waals surface area (Å²) in [4.78, 5) is 20.8. The third-order valence-corrected chi connectivity index (χ3v) is 9.00. The first-order chi connectivity index (χ1) is 18.9. The van der Waals surface area contributed by atoms with Gasteiger partial charge in [-0.3, -0.25) is 15.0 Å². The zero-order chi connectivity index (χ0) is 27.8. The second kappa shape index (κ2) is 13.7. The molecule has 1 amide bonds. The van der Waals surface area contributed by atoms with E-state index in [0.29, 0.717) is 47.5 Å². The Morgan fingerprint density at radius 1 is 1.18 bits per heavy atom. The number of pyridine rings is 1. The molecular weight excluding hydrogens is 538 g/mol. The molecule has 1 aromatic heterocycles. The largest absolute Gasteiger partial charge is 0.497 e. The van der Waals surface area contributed by atoms with Crippen LogP contribution in [0.25, 0.3) is 10.9 Å². The van der Waals surface area contributed by atoms with Crippen molar-refractivity contribution in [1.29, 1.82) is 0 Å². The van der Waals surface area contributed by atoms with Gasteiger partial charge in [0.2, 0.25) is 5.91 Å². The average Bonchev–Trinajstić information content (AvgIpc) is 2.98. The van der Waals surface area contributed by atoms with Crippen LogP contribution in [0.2, 0.25) is 5.02 Å². The highest BCUT2D eigenvalue weighted by Crippen LogP contribution is 2.41. The van der Waals surface area contributed by atoms with Crippen molar-refractivity contribution < 1.29 is 24.6 Å². The lowest BCUT2D eigenvalue weighted by molar-refractivity contribution is -0.143. The lowest BCUT2D eigenvalue weighted by Gasteiger charge is -2.40. The minimum absolute atomic E-state index is 0.320. The molecular formula is C29H36ClN3O5S. The molecule has 1 fully saturated rings. The number of ether oxygens (including phenoxy) is 2. The van der Waals surface area contributed by atoms with Gasteiger partial charge in [0.15, 0.2) is 0 Å². The number of piperidine rings is 1. The fourth-order valence-electron chi connectivity index (χ4n) is 5.27. The number of aromatic nitrogens is 1. The maximum absolute atomic E-state index is 12.8. The summed E-state index contributed by atoms with van der Waals surface area (Å²) in [5, 5.41) is 21.8. The number of amides is 1. The highest BCUT2D eigenvalue weighted by atomic mass is 35.5. The van der Waals surface area contributed by atoms with Gasteiger partial charge >= 0.3 is 0 Å². The second-order valence-corrected chi connectivity index (χ2v) is 11.5. The molecule has 1 saturated heterocycles. The van der Waals surface area contributed by atoms with Crippen LogP contribution in [0, 0.1) is 5.41 Å². The fraction of sp³-hybridized carbons (Fsp3) is 0.448. The minimum Gasteiger partial charge on any atom is -0.497 e. The number of nitrogens with zero attached hydrogens (tertiary/aromatic N) is 2. The highest BCUT2D eigenvalue weighted by molar-refractivity contribution is 7.99. The fourth-order valence-corrected chi connectivity index (χ4v) is 6.43. The van der Waals surface area contributed by atoms with E-state index in [1.807, 2.05) is 41.9 Å². The van der Waals surface area contributed by atoms with Crippen molar-refractivity contribution in [3.8, 4) is 11.5 Å². The molecule has 0 aliphatic carbocycles. The Kier molecular flexibility index (Phi) is 10.3. The molecule has 10 heteroatoms. The van der Waals surface area contributed by atoms with E-state index < -0.39 is 17.4 Å². The van der Waals surface area contributed by atoms with E-state index in [1.54, 1.807) is 26.0 Å². The maximum Gasteiger partial charge on any atom is 0.249 e. The number of benzene rings is 2. The zero-order valence-electron chi connectivity index (χ0n) is 22.4. The number of aliphatic hydroxyl groups is 1. The molecule has 3 aromatic rings. The van der Waals surface area contributed by atoms with Crippen molar-refractivity contribution in [2.75, 3.05) is 39.6 Å². The molecule has 8 nitrogen and oxygen atoms in total. The predicted octanol–water partition coefficient (Wildman–Crippen LogP) is 5.49. The summed E-state index contributed by atoms with van der Waals surface area (Å²) in [5.41, 5.74) is 2.41. The van der Waals surface area contributed by atoms with Gasteiger partial charge in [-0.1, -0.05) is 17.7 Å². The summed E-state index contributed by atoms with van der Waals surface area (Å²) >= 11 is 8.28. The number of carbonyl (C=O) groups excluding carboxylic acids is 1. The lowest BCUT2D eigenvalue weighted by Crippen LogP contribution is -2.48. The number of methoxy groups -OCH3 is 2. The van der Waals surface area contributed by atoms with Crippen molar-refractivity contribution in [3.63, 3.8) is 0 Å². The van der Waals surface area contributed by atoms with Gasteiger partial charge in [0.25, 0.3) is 0 Å². The highest BCUT2D eigenvalue weighted by Gasteiger charge is 2.41. The third-order valence-electron chi connectivity index (χ3n) is 7.62. The SMILES string of the molecule is COc1cccc(SCCCN2CCC(CC[C@@H](O)c3c(Cl)cnc4ccc(OC)cc34)(C(=O)NO)CC2)c1. The molecule has 210 valence electrons. The first-order valence-electron chi connectivity index (χ1n) is 13.1. The monoisotopic (exact) mass is 573 g/mol. The van der Waals surface area contributed by atoms with E-state index >= 15 is 0 Å². The van der Waals surface area contributed by atoms with E-state index in [1.165, 1.54) is 11.1 Å². The molecule has 1 atom stereocenters. The Morgan fingerprint density at radius 3 is 2.64 bits per heavy atom. The Bertz CT molecular complexity index is 1270. The van der Waals surface area contributed by atoms with Gasteiger partial charge < -0.3 is 19.5 Å². The molecule has 0 bridgehead atoms. The van der Waals surface area contributed by atoms with Crippen LogP contribution in [0.4, 0.5) is 0 Å². The molecule has 2 aromatic carbocycles. The summed E-state index contributed by atoms with van der Waals surface area (Å²) in [6.07, 6.45) is 3.62. The number of fused-ring (bicyclic) bond motifs is 1. The Morgan fingerprint density at radius 2 is 1.92 bits per heavy atom. The number of thioether (sulfide) groups is 1. The second-order valence-electron chi connectivity index (χ2n) is 9.90. The van der Waals surface area contributed by atoms with E-state index in [-0.39, 0.29) is 0 Å². The molecule has 1 aliphatic rings. The number of hydrogen-bond donors (Lipinski definition) is 3. The Balaban J connectivity index is 1.34. The topological polar surface area (TPSA) is 104 Å². The van der Waals surface area contributed by atoms with Crippen LogP contribution in [0.1, 0.15) is 43.8 Å². The van der Waals surface area contributed by atoms with Gasteiger partial charge in [-0.05, 0) is 93.9 Å². The summed E-state index contributed by atoms with van der Waals surface area (Å²) in [7, 11) is 3.25. The van der Waals surface area contributed by atoms with Crippen LogP contribution < -0.4 is 15.0 Å². The predicted molar refractivity (Wildman–Crippen MR) is 154 cm³/mol. The molecule has 0 saturated carbocycles. The number of hydroxylamine groups is 1. The standard InChI is InChI=1S/C29H36ClN3O5S/c1-37-20-5-3-6-22(17-20)39-16-4-13-33-14-11-29(12-15-33,28(35)32-36)10-9-26(34)27-23-18-21(38-2)7-8-25(23)31-19-24(27)30/h3,5-8,17-19,26,34,36H,4,9-16H2,1-2H3,(H,32,35)/t26-/m1/s1. The molecule has 0 unspecified atom stereocenters. The van der Waals surface area contributed by atoms with Crippen molar-refractivity contribution in [3.05, 3.63) is 59.2 Å². The number of rotatable bonds is 12. The number of nitrogens with one attached hydrogen (secondary N) is 1. The Hall–Kier alpha value is -2.56. The van der Waals surface area contributed by atoms with Crippen LogP contribution >= 0.6 is 23.4 Å². The van der Waals surface area contributed by atoms with Gasteiger partial charge in [0.1, 0.15) is 11.5 Å². The third kappa shape index (κ3) is 7.15. The van der Waals surface area contributed by atoms with Crippen molar-refractivity contribution in [1.82, 2.24) is 15.4 Å². The van der Waals surface area contributed by atoms with Crippen molar-refractivity contribution in [2.45, 2.75) is 43.1 Å². The smallest absolute Gasteiger partial charge is 0.249 e. The first-order valence-corrected chi connectivity index (χ1v) is 14.5. The summed E-state index contributed by atoms with van der Waals surface area (Å²) in [6.45, 7) is 2.45. The molecule has 4 rings (SSSR count). The Labute approximate surface area is 238 Å². The molecule has 39 heavy (non-hydrogen) atoms. The van der Waals surface area contributed by atoms with Gasteiger partial charge in [0.05, 0.1) is 36.3 Å². The minimum atomic E-state index is -0.898. The van der Waals surface area contributed by atoms with E-state index in [9.17, 15) is 15.1 Å². The number of carbonyl (C=O) groups is 1. The average molecular weight is 574 g/mol. The zero-order valence-corrected chi connectivity index (χ0v) is 23.9. The van der Waals surface area contributed by atoms with E-state index in [2.05, 4.69) is 16.0 Å². The van der Waals surface area contributed by atoms with Crippen LogP contribution in [-0.4, -0.2) is 65.7 Å². The van der Waals surface area contributed by atoms with E-state index in [0.717, 1.165) is 42.9 Å². The van der Waals surface area contributed by atoms with Gasteiger partial charge in [0, 0.05) is 22.0 Å². The number of aliphatic hydroxyl groups excluding tert-OH is 1. The summed E-state index contributed by atoms with van der Waals surface area (Å²) in [6, 6.07) is 13.5. The first kappa shape index (κ1) is 29.4. The normalized spacial score (nSPS) is 16.1. The van der Waals surface area contributed by atoms with Gasteiger partial charge in [-0.15, -0.1) is 11.8 Å². The summed E-state index contributed by atoms with van der Waals surface area (Å²) < 4.78 is 10.6. The van der Waals surface area contributed by atoms with Crippen LogP contribution in [0.3, 0.4) is 0 Å². The quantitative estimate of drug-likeness (QED) is 0.113. The maximum atomic E-state index is 12.8. The van der Waals surface area contributed by atoms with E-state index in [4.69, 9.17) is 21.1 Å². The number of halogens is 1. The van der Waals surface area contributed by atoms with Crippen LogP contribution in [-0.2, 0) is 4.79 Å². The molecule has 0 spiro atoms. The van der Waals surface area contributed by atoms with Crippen LogP contribution in [0.5, 0.6) is 11.5 Å². The lowest BCUT2D eigenvalue weighted by atomic mass is 9.73.